The van der Waals surface area contributed by atoms with Crippen LogP contribution in [-0.2, 0) is 0 Å². The highest BCUT2D eigenvalue weighted by molar-refractivity contribution is 7.17. The molecule has 0 saturated heterocycles. The second-order valence-electron chi connectivity index (χ2n) is 7.40. The topological polar surface area (TPSA) is 87.8 Å². The van der Waals surface area contributed by atoms with Crippen molar-refractivity contribution in [3.05, 3.63) is 90.4 Å². The van der Waals surface area contributed by atoms with Gasteiger partial charge in [0.15, 0.2) is 5.82 Å². The second-order valence-corrected chi connectivity index (χ2v) is 8.31. The lowest BCUT2D eigenvalue weighted by Gasteiger charge is -2.11. The van der Waals surface area contributed by atoms with Crippen molar-refractivity contribution >= 4 is 55.6 Å². The van der Waals surface area contributed by atoms with Crippen LogP contribution in [0.3, 0.4) is 0 Å². The Balaban J connectivity index is 1.29. The zero-order chi connectivity index (χ0) is 22.0. The van der Waals surface area contributed by atoms with E-state index in [1.54, 1.807) is 17.5 Å². The number of benzene rings is 3. The van der Waals surface area contributed by atoms with Crippen LogP contribution in [0.1, 0.15) is 0 Å². The predicted molar refractivity (Wildman–Crippen MR) is 133 cm³/mol. The number of nitrogens with zero attached hydrogens (tertiary/aromatic N) is 3. The summed E-state index contributed by atoms with van der Waals surface area (Å²) in [6, 6.07) is 25.5. The summed E-state index contributed by atoms with van der Waals surface area (Å²) in [7, 11) is 0. The van der Waals surface area contributed by atoms with Crippen LogP contribution in [0.15, 0.2) is 90.4 Å². The number of para-hydroxylation sites is 1. The maximum absolute atomic E-state index is 5.95. The first kappa shape index (κ1) is 19.3. The largest absolute Gasteiger partial charge is 0.457 e. The number of fused-ring (bicyclic) bond motifs is 2. The smallest absolute Gasteiger partial charge is 0.229 e. The lowest BCUT2D eigenvalue weighted by molar-refractivity contribution is 0.483. The number of rotatable bonds is 6. The van der Waals surface area contributed by atoms with E-state index in [1.165, 1.54) is 0 Å². The number of H-pyrrole nitrogens is 1. The zero-order valence-corrected chi connectivity index (χ0v) is 18.1. The van der Waals surface area contributed by atoms with Gasteiger partial charge in [0, 0.05) is 22.8 Å². The number of aromatic amines is 1. The molecule has 33 heavy (non-hydrogen) atoms. The van der Waals surface area contributed by atoms with Crippen LogP contribution in [0, 0.1) is 0 Å². The van der Waals surface area contributed by atoms with Crippen LogP contribution in [0.25, 0.3) is 21.1 Å². The van der Waals surface area contributed by atoms with Crippen LogP contribution >= 0.6 is 11.3 Å². The molecule has 3 aromatic carbocycles. The van der Waals surface area contributed by atoms with Gasteiger partial charge in [-0.05, 0) is 53.9 Å². The molecule has 0 atom stereocenters. The van der Waals surface area contributed by atoms with Crippen LogP contribution in [0.5, 0.6) is 11.5 Å². The average Bonchev–Trinajstić information content (AvgIpc) is 3.49. The molecule has 3 aromatic heterocycles. The maximum atomic E-state index is 5.95. The number of thiophene rings is 1. The quantitative estimate of drug-likeness (QED) is 0.257. The molecule has 0 radical (unpaired) electrons. The molecular formula is C25H18N6OS. The summed E-state index contributed by atoms with van der Waals surface area (Å²) in [6.07, 6.45) is 1.80. The van der Waals surface area contributed by atoms with E-state index in [9.17, 15) is 0 Å². The normalized spacial score (nSPS) is 11.0. The Morgan fingerprint density at radius 2 is 1.67 bits per heavy atom. The lowest BCUT2D eigenvalue weighted by Crippen LogP contribution is -2.01. The molecule has 0 fully saturated rings. The molecule has 0 bridgehead atoms. The van der Waals surface area contributed by atoms with E-state index in [-0.39, 0.29) is 0 Å². The van der Waals surface area contributed by atoms with E-state index in [2.05, 4.69) is 25.8 Å². The summed E-state index contributed by atoms with van der Waals surface area (Å²) in [5.41, 5.74) is 3.64. The SMILES string of the molecule is c1ccc(Oc2cccc(Nc3nc(Nc4ccc5[nH]ncc5c4)c4sccc4n3)c2)cc1. The zero-order valence-electron chi connectivity index (χ0n) is 17.3. The van der Waals surface area contributed by atoms with E-state index in [4.69, 9.17) is 9.72 Å². The Kier molecular flexibility index (Phi) is 4.82. The van der Waals surface area contributed by atoms with Gasteiger partial charge in [0.05, 0.1) is 21.9 Å². The summed E-state index contributed by atoms with van der Waals surface area (Å²) < 4.78 is 6.94. The van der Waals surface area contributed by atoms with Crippen molar-refractivity contribution in [2.45, 2.75) is 0 Å². The molecule has 6 rings (SSSR count). The van der Waals surface area contributed by atoms with Crippen molar-refractivity contribution < 1.29 is 4.74 Å². The molecule has 0 aliphatic rings. The molecule has 0 unspecified atom stereocenters. The molecule has 3 heterocycles. The van der Waals surface area contributed by atoms with Crippen molar-refractivity contribution in [2.24, 2.45) is 0 Å². The van der Waals surface area contributed by atoms with Gasteiger partial charge in [-0.1, -0.05) is 24.3 Å². The van der Waals surface area contributed by atoms with Crippen molar-refractivity contribution in [2.75, 3.05) is 10.6 Å². The Morgan fingerprint density at radius 3 is 2.61 bits per heavy atom. The van der Waals surface area contributed by atoms with E-state index in [0.29, 0.717) is 5.95 Å². The minimum absolute atomic E-state index is 0.504. The first-order chi connectivity index (χ1) is 16.3. The molecule has 0 spiro atoms. The highest BCUT2D eigenvalue weighted by Crippen LogP contribution is 2.32. The maximum Gasteiger partial charge on any atom is 0.229 e. The number of anilines is 4. The fourth-order valence-corrected chi connectivity index (χ4v) is 4.33. The molecule has 0 amide bonds. The van der Waals surface area contributed by atoms with Gasteiger partial charge in [-0.2, -0.15) is 10.1 Å². The summed E-state index contributed by atoms with van der Waals surface area (Å²) in [5, 5.41) is 16.9. The Labute approximate surface area is 193 Å². The first-order valence-corrected chi connectivity index (χ1v) is 11.2. The van der Waals surface area contributed by atoms with Crippen LogP contribution in [-0.4, -0.2) is 20.2 Å². The minimum Gasteiger partial charge on any atom is -0.457 e. The van der Waals surface area contributed by atoms with Crippen LogP contribution in [0.4, 0.5) is 23.1 Å². The predicted octanol–water partition coefficient (Wildman–Crippen LogP) is 6.85. The van der Waals surface area contributed by atoms with Crippen LogP contribution < -0.4 is 15.4 Å². The van der Waals surface area contributed by atoms with Gasteiger partial charge in [-0.3, -0.25) is 5.10 Å². The number of ether oxygens (including phenoxy) is 1. The van der Waals surface area contributed by atoms with Gasteiger partial charge in [0.2, 0.25) is 5.95 Å². The van der Waals surface area contributed by atoms with Crippen molar-refractivity contribution in [3.63, 3.8) is 0 Å². The Bertz CT molecular complexity index is 1560. The third-order valence-electron chi connectivity index (χ3n) is 5.08. The molecule has 3 N–H and O–H groups in total. The third kappa shape index (κ3) is 4.07. The summed E-state index contributed by atoms with van der Waals surface area (Å²) in [4.78, 5) is 9.44. The number of nitrogens with one attached hydrogen (secondary N) is 3. The fourth-order valence-electron chi connectivity index (χ4n) is 3.55. The number of hydrogen-bond acceptors (Lipinski definition) is 7. The fraction of sp³-hybridized carbons (Fsp3) is 0. The van der Waals surface area contributed by atoms with Gasteiger partial charge in [-0.25, -0.2) is 4.98 Å². The van der Waals surface area contributed by atoms with Gasteiger partial charge in [0.1, 0.15) is 11.5 Å². The summed E-state index contributed by atoms with van der Waals surface area (Å²) in [6.45, 7) is 0. The summed E-state index contributed by atoms with van der Waals surface area (Å²) >= 11 is 1.60. The molecule has 0 aliphatic carbocycles. The van der Waals surface area contributed by atoms with E-state index >= 15 is 0 Å². The van der Waals surface area contributed by atoms with Crippen molar-refractivity contribution in [3.8, 4) is 11.5 Å². The molecule has 8 heteroatoms. The van der Waals surface area contributed by atoms with Crippen LogP contribution in [0.2, 0.25) is 0 Å². The molecule has 0 saturated carbocycles. The van der Waals surface area contributed by atoms with Gasteiger partial charge in [-0.15, -0.1) is 11.3 Å². The Morgan fingerprint density at radius 1 is 0.788 bits per heavy atom. The lowest BCUT2D eigenvalue weighted by atomic mass is 10.2. The van der Waals surface area contributed by atoms with E-state index in [1.807, 2.05) is 84.2 Å². The number of aromatic nitrogens is 4. The molecule has 7 nitrogen and oxygen atoms in total. The number of hydrogen-bond donors (Lipinski definition) is 3. The minimum atomic E-state index is 0.504. The molecule has 160 valence electrons. The standard InChI is InChI=1S/C25H18N6OS/c1-2-6-19(7-3-1)32-20-8-4-5-17(14-20)28-25-29-22-11-12-33-23(22)24(30-25)27-18-9-10-21-16(13-18)15-26-31-21/h1-15H,(H,26,31)(H2,27,28,29,30). The van der Waals surface area contributed by atoms with Gasteiger partial charge < -0.3 is 15.4 Å². The highest BCUT2D eigenvalue weighted by atomic mass is 32.1. The molecule has 6 aromatic rings. The average molecular weight is 451 g/mol. The Hall–Kier alpha value is -4.43. The van der Waals surface area contributed by atoms with Gasteiger partial charge in [0.25, 0.3) is 0 Å². The monoisotopic (exact) mass is 450 g/mol. The highest BCUT2D eigenvalue weighted by Gasteiger charge is 2.11. The third-order valence-corrected chi connectivity index (χ3v) is 5.99. The molecule has 0 aliphatic heterocycles. The van der Waals surface area contributed by atoms with E-state index in [0.717, 1.165) is 49.8 Å². The van der Waals surface area contributed by atoms with Crippen molar-refractivity contribution in [1.82, 2.24) is 20.2 Å². The summed E-state index contributed by atoms with van der Waals surface area (Å²) in [5.74, 6) is 2.77. The molecular weight excluding hydrogens is 432 g/mol. The first-order valence-electron chi connectivity index (χ1n) is 10.4. The van der Waals surface area contributed by atoms with Gasteiger partial charge >= 0.3 is 0 Å². The van der Waals surface area contributed by atoms with E-state index < -0.39 is 0 Å². The van der Waals surface area contributed by atoms with Crippen molar-refractivity contribution in [1.29, 1.82) is 0 Å². The second kappa shape index (κ2) is 8.25.